The summed E-state index contributed by atoms with van der Waals surface area (Å²) in [4.78, 5) is 10.1. The van der Waals surface area contributed by atoms with Crippen LogP contribution < -0.4 is 10.5 Å². The van der Waals surface area contributed by atoms with Gasteiger partial charge in [0.05, 0.1) is 12.8 Å². The fourth-order valence-corrected chi connectivity index (χ4v) is 0.795. The molecule has 0 saturated heterocycles. The summed E-state index contributed by atoms with van der Waals surface area (Å²) in [5.41, 5.74) is 5.07. The Morgan fingerprint density at radius 3 is 2.75 bits per heavy atom. The van der Waals surface area contributed by atoms with Gasteiger partial charge in [0.15, 0.2) is 11.4 Å². The van der Waals surface area contributed by atoms with Crippen LogP contribution in [0.3, 0.4) is 0 Å². The summed E-state index contributed by atoms with van der Waals surface area (Å²) in [5.74, 6) is -0.545. The summed E-state index contributed by atoms with van der Waals surface area (Å²) in [6.07, 6.45) is 0. The molecule has 0 amide bonds. The largest absolute Gasteiger partial charge is 0.494 e. The van der Waals surface area contributed by atoms with Gasteiger partial charge >= 0.3 is 0 Å². The number of nitrogens with zero attached hydrogens (tertiary/aromatic N) is 1. The second-order valence-corrected chi connectivity index (χ2v) is 2.14. The average molecular weight is 170 g/mol. The van der Waals surface area contributed by atoms with Crippen LogP contribution in [0.2, 0.25) is 0 Å². The van der Waals surface area contributed by atoms with E-state index in [9.17, 15) is 9.30 Å². The standard InChI is InChI=1S/C7H7FN2O2/c1-12-7-2-4(8)5(9)3-6(7)10-11/h2-3H,9H2,1H3. The first kappa shape index (κ1) is 8.45. The number of nitroso groups, excluding NO2 is 1. The monoisotopic (exact) mass is 170 g/mol. The minimum absolute atomic E-state index is 0.00333. The summed E-state index contributed by atoms with van der Waals surface area (Å²) in [6, 6.07) is 2.15. The van der Waals surface area contributed by atoms with Crippen molar-refractivity contribution in [3.8, 4) is 5.75 Å². The molecule has 0 radical (unpaired) electrons. The van der Waals surface area contributed by atoms with Gasteiger partial charge < -0.3 is 10.5 Å². The third kappa shape index (κ3) is 1.34. The summed E-state index contributed by atoms with van der Waals surface area (Å²) in [5, 5.41) is 2.62. The van der Waals surface area contributed by atoms with Gasteiger partial charge in [0.2, 0.25) is 0 Å². The summed E-state index contributed by atoms with van der Waals surface area (Å²) >= 11 is 0. The molecule has 0 aliphatic carbocycles. The summed E-state index contributed by atoms with van der Waals surface area (Å²) in [7, 11) is 1.32. The molecule has 0 aromatic heterocycles. The minimum atomic E-state index is -0.626. The highest BCUT2D eigenvalue weighted by molar-refractivity contribution is 5.60. The van der Waals surface area contributed by atoms with Crippen LogP contribution >= 0.6 is 0 Å². The van der Waals surface area contributed by atoms with Crippen LogP contribution in [0.5, 0.6) is 5.75 Å². The maximum atomic E-state index is 12.7. The van der Waals surface area contributed by atoms with E-state index in [1.165, 1.54) is 7.11 Å². The molecule has 0 atom stereocenters. The molecule has 0 aliphatic heterocycles. The second-order valence-electron chi connectivity index (χ2n) is 2.14. The first-order valence-electron chi connectivity index (χ1n) is 3.15. The van der Waals surface area contributed by atoms with Crippen LogP contribution in [-0.4, -0.2) is 7.11 Å². The normalized spacial score (nSPS) is 9.50. The molecule has 1 rings (SSSR count). The number of nitrogens with two attached hydrogens (primary N) is 1. The van der Waals surface area contributed by atoms with E-state index in [0.717, 1.165) is 12.1 Å². The van der Waals surface area contributed by atoms with Crippen LogP contribution in [0, 0.1) is 10.7 Å². The highest BCUT2D eigenvalue weighted by Gasteiger charge is 2.07. The lowest BCUT2D eigenvalue weighted by molar-refractivity contribution is 0.413. The Bertz CT molecular complexity index is 315. The first-order valence-corrected chi connectivity index (χ1v) is 3.15. The van der Waals surface area contributed by atoms with Crippen LogP contribution in [0.25, 0.3) is 0 Å². The lowest BCUT2D eigenvalue weighted by Gasteiger charge is -2.03. The molecule has 2 N–H and O–H groups in total. The van der Waals surface area contributed by atoms with E-state index >= 15 is 0 Å². The number of hydrogen-bond acceptors (Lipinski definition) is 4. The van der Waals surface area contributed by atoms with Crippen molar-refractivity contribution >= 4 is 11.4 Å². The van der Waals surface area contributed by atoms with Crippen molar-refractivity contribution in [1.82, 2.24) is 0 Å². The molecule has 12 heavy (non-hydrogen) atoms. The molecule has 0 saturated carbocycles. The number of hydrogen-bond donors (Lipinski definition) is 1. The molecule has 0 fully saturated rings. The highest BCUT2D eigenvalue weighted by atomic mass is 19.1. The van der Waals surface area contributed by atoms with E-state index in [0.29, 0.717) is 0 Å². The number of nitrogen functional groups attached to an aromatic ring is 1. The maximum Gasteiger partial charge on any atom is 0.152 e. The quantitative estimate of drug-likeness (QED) is 0.543. The van der Waals surface area contributed by atoms with Crippen LogP contribution in [0.1, 0.15) is 0 Å². The van der Waals surface area contributed by atoms with E-state index in [2.05, 4.69) is 9.91 Å². The second kappa shape index (κ2) is 3.17. The van der Waals surface area contributed by atoms with Crippen LogP contribution in [0.4, 0.5) is 15.8 Å². The van der Waals surface area contributed by atoms with Gasteiger partial charge in [0.25, 0.3) is 0 Å². The fraction of sp³-hybridized carbons (Fsp3) is 0.143. The smallest absolute Gasteiger partial charge is 0.152 e. The third-order valence-electron chi connectivity index (χ3n) is 1.40. The van der Waals surface area contributed by atoms with E-state index in [1.807, 2.05) is 0 Å². The van der Waals surface area contributed by atoms with Crippen LogP contribution in [0.15, 0.2) is 17.3 Å². The Morgan fingerprint density at radius 1 is 1.58 bits per heavy atom. The van der Waals surface area contributed by atoms with Gasteiger partial charge in [0.1, 0.15) is 5.82 Å². The van der Waals surface area contributed by atoms with Crippen LogP contribution in [-0.2, 0) is 0 Å². The molecule has 0 aliphatic rings. The summed E-state index contributed by atoms with van der Waals surface area (Å²) < 4.78 is 17.4. The van der Waals surface area contributed by atoms with E-state index < -0.39 is 5.82 Å². The number of benzene rings is 1. The van der Waals surface area contributed by atoms with Gasteiger partial charge in [-0.3, -0.25) is 0 Å². The van der Waals surface area contributed by atoms with Crippen molar-refractivity contribution in [2.75, 3.05) is 12.8 Å². The average Bonchev–Trinajstić information content (AvgIpc) is 2.09. The van der Waals surface area contributed by atoms with Gasteiger partial charge in [-0.15, -0.1) is 4.91 Å². The molecule has 64 valence electrons. The number of methoxy groups -OCH3 is 1. The van der Waals surface area contributed by atoms with Crippen molar-refractivity contribution in [3.63, 3.8) is 0 Å². The molecule has 5 heteroatoms. The van der Waals surface area contributed by atoms with E-state index in [1.54, 1.807) is 0 Å². The van der Waals surface area contributed by atoms with Gasteiger partial charge in [-0.25, -0.2) is 4.39 Å². The molecular formula is C7H7FN2O2. The molecule has 1 aromatic rings. The molecule has 1 aromatic carbocycles. The van der Waals surface area contributed by atoms with Crippen molar-refractivity contribution in [3.05, 3.63) is 22.9 Å². The van der Waals surface area contributed by atoms with Crippen molar-refractivity contribution in [2.45, 2.75) is 0 Å². The number of halogens is 1. The van der Waals surface area contributed by atoms with Gasteiger partial charge in [-0.1, -0.05) is 0 Å². The Balaban J connectivity index is 3.28. The molecule has 0 unspecified atom stereocenters. The molecule has 0 spiro atoms. The Labute approximate surface area is 68.1 Å². The molecule has 0 heterocycles. The SMILES string of the molecule is COc1cc(F)c(N)cc1N=O. The number of anilines is 1. The van der Waals surface area contributed by atoms with Crippen molar-refractivity contribution < 1.29 is 9.13 Å². The maximum absolute atomic E-state index is 12.7. The zero-order valence-electron chi connectivity index (χ0n) is 6.37. The zero-order valence-corrected chi connectivity index (χ0v) is 6.37. The Hall–Kier alpha value is -1.65. The highest BCUT2D eigenvalue weighted by Crippen LogP contribution is 2.30. The number of ether oxygens (including phenoxy) is 1. The molecule has 4 nitrogen and oxygen atoms in total. The fourth-order valence-electron chi connectivity index (χ4n) is 0.795. The predicted molar refractivity (Wildman–Crippen MR) is 42.8 cm³/mol. The molecular weight excluding hydrogens is 163 g/mol. The van der Waals surface area contributed by atoms with Gasteiger partial charge in [-0.2, -0.15) is 0 Å². The molecule has 0 bridgehead atoms. The minimum Gasteiger partial charge on any atom is -0.494 e. The zero-order chi connectivity index (χ0) is 9.14. The first-order chi connectivity index (χ1) is 5.69. The summed E-state index contributed by atoms with van der Waals surface area (Å²) in [6.45, 7) is 0. The van der Waals surface area contributed by atoms with Crippen molar-refractivity contribution in [2.24, 2.45) is 5.18 Å². The van der Waals surface area contributed by atoms with Gasteiger partial charge in [-0.05, 0) is 11.2 Å². The lowest BCUT2D eigenvalue weighted by Crippen LogP contribution is -1.92. The predicted octanol–water partition coefficient (Wildman–Crippen LogP) is 1.81. The Morgan fingerprint density at radius 2 is 2.25 bits per heavy atom. The van der Waals surface area contributed by atoms with Gasteiger partial charge in [0, 0.05) is 6.07 Å². The van der Waals surface area contributed by atoms with E-state index in [4.69, 9.17) is 5.73 Å². The third-order valence-corrected chi connectivity index (χ3v) is 1.40. The van der Waals surface area contributed by atoms with Crippen molar-refractivity contribution in [1.29, 1.82) is 0 Å². The van der Waals surface area contributed by atoms with E-state index in [-0.39, 0.29) is 17.1 Å². The number of rotatable bonds is 2. The topological polar surface area (TPSA) is 64.7 Å². The lowest BCUT2D eigenvalue weighted by atomic mass is 10.2. The Kier molecular flexibility index (Phi) is 2.23.